The molecule has 0 spiro atoms. The second-order valence-corrected chi connectivity index (χ2v) is 13.0. The van der Waals surface area contributed by atoms with E-state index < -0.39 is 29.6 Å². The van der Waals surface area contributed by atoms with E-state index in [0.717, 1.165) is 35.2 Å². The SMILES string of the molecule is C=CCCc1csc(N[C@H](C(=O)N2CC(Oc3nc4ccccc4nc3-c3cccc(C=C)c3)C[C@H]2C(=O)OC)C(C)(C)C)n1. The fourth-order valence-electron chi connectivity index (χ4n) is 5.39. The molecule has 10 heteroatoms. The molecule has 4 aromatic rings. The van der Waals surface area contributed by atoms with Crippen molar-refractivity contribution in [2.24, 2.45) is 5.41 Å². The molecule has 0 radical (unpaired) electrons. The summed E-state index contributed by atoms with van der Waals surface area (Å²) in [6.45, 7) is 13.8. The third-order valence-corrected chi connectivity index (χ3v) is 8.59. The largest absolute Gasteiger partial charge is 0.471 e. The Kier molecular flexibility index (Phi) is 9.63. The number of para-hydroxylation sites is 2. The van der Waals surface area contributed by atoms with Crippen LogP contribution in [0.25, 0.3) is 28.4 Å². The highest BCUT2D eigenvalue weighted by molar-refractivity contribution is 7.13. The number of allylic oxidation sites excluding steroid dienone is 1. The van der Waals surface area contributed by atoms with Gasteiger partial charge in [-0.2, -0.15) is 0 Å². The summed E-state index contributed by atoms with van der Waals surface area (Å²) in [4.78, 5) is 43.3. The van der Waals surface area contributed by atoms with Gasteiger partial charge in [0.1, 0.15) is 23.9 Å². The molecule has 2 aromatic heterocycles. The number of esters is 1. The molecule has 3 heterocycles. The number of carbonyl (C=O) groups excluding carboxylic acids is 2. The number of benzene rings is 2. The number of aryl methyl sites for hydroxylation is 1. The molecule has 0 saturated carbocycles. The Morgan fingerprint density at radius 1 is 1.11 bits per heavy atom. The van der Waals surface area contributed by atoms with Crippen LogP contribution in [0.15, 0.2) is 73.1 Å². The number of ether oxygens (including phenoxy) is 2. The van der Waals surface area contributed by atoms with Crippen molar-refractivity contribution in [2.75, 3.05) is 19.0 Å². The Morgan fingerprint density at radius 2 is 1.87 bits per heavy atom. The number of nitrogens with one attached hydrogen (secondary N) is 1. The lowest BCUT2D eigenvalue weighted by molar-refractivity contribution is -0.151. The highest BCUT2D eigenvalue weighted by Crippen LogP contribution is 2.34. The molecule has 3 atom stereocenters. The molecular formula is C35H39N5O4S. The minimum atomic E-state index is -0.820. The van der Waals surface area contributed by atoms with Crippen LogP contribution in [-0.4, -0.2) is 63.6 Å². The highest BCUT2D eigenvalue weighted by atomic mass is 32.1. The minimum Gasteiger partial charge on any atom is -0.471 e. The van der Waals surface area contributed by atoms with Crippen molar-refractivity contribution < 1.29 is 19.1 Å². The van der Waals surface area contributed by atoms with Gasteiger partial charge >= 0.3 is 5.97 Å². The number of aromatic nitrogens is 3. The number of carbonyl (C=O) groups is 2. The predicted molar refractivity (Wildman–Crippen MR) is 179 cm³/mol. The Hall–Kier alpha value is -4.57. The van der Waals surface area contributed by atoms with E-state index in [1.54, 1.807) is 11.0 Å². The van der Waals surface area contributed by atoms with Crippen LogP contribution in [0.2, 0.25) is 0 Å². The van der Waals surface area contributed by atoms with Gasteiger partial charge in [-0.25, -0.2) is 19.7 Å². The van der Waals surface area contributed by atoms with Crippen LogP contribution in [0.3, 0.4) is 0 Å². The van der Waals surface area contributed by atoms with Crippen LogP contribution < -0.4 is 10.1 Å². The van der Waals surface area contributed by atoms with E-state index >= 15 is 0 Å². The van der Waals surface area contributed by atoms with Crippen molar-refractivity contribution in [3.63, 3.8) is 0 Å². The van der Waals surface area contributed by atoms with Gasteiger partial charge in [0.15, 0.2) is 5.13 Å². The lowest BCUT2D eigenvalue weighted by Gasteiger charge is -2.35. The molecular weight excluding hydrogens is 586 g/mol. The number of methoxy groups -OCH3 is 1. The number of amides is 1. The zero-order chi connectivity index (χ0) is 32.1. The predicted octanol–water partition coefficient (Wildman–Crippen LogP) is 6.56. The third kappa shape index (κ3) is 7.23. The number of anilines is 1. The lowest BCUT2D eigenvalue weighted by Crippen LogP contribution is -2.52. The van der Waals surface area contributed by atoms with Crippen molar-refractivity contribution in [3.05, 3.63) is 84.4 Å². The van der Waals surface area contributed by atoms with Crippen molar-refractivity contribution in [1.82, 2.24) is 19.9 Å². The van der Waals surface area contributed by atoms with E-state index in [0.29, 0.717) is 22.2 Å². The fraction of sp³-hybridized carbons (Fsp3) is 0.343. The normalized spacial score (nSPS) is 17.1. The molecule has 0 aliphatic carbocycles. The topological polar surface area (TPSA) is 107 Å². The summed E-state index contributed by atoms with van der Waals surface area (Å²) in [5, 5.41) is 6.00. The summed E-state index contributed by atoms with van der Waals surface area (Å²) in [5.74, 6) is -0.389. The number of rotatable bonds is 11. The lowest BCUT2D eigenvalue weighted by atomic mass is 9.85. The van der Waals surface area contributed by atoms with Gasteiger partial charge < -0.3 is 19.7 Å². The van der Waals surface area contributed by atoms with Crippen LogP contribution in [0.4, 0.5) is 5.13 Å². The van der Waals surface area contributed by atoms with Crippen LogP contribution in [-0.2, 0) is 20.7 Å². The van der Waals surface area contributed by atoms with Crippen molar-refractivity contribution in [2.45, 2.75) is 58.2 Å². The zero-order valence-corrected chi connectivity index (χ0v) is 27.0. The summed E-state index contributed by atoms with van der Waals surface area (Å²) in [5.41, 5.74) is 4.19. The molecule has 1 saturated heterocycles. The Morgan fingerprint density at radius 3 is 2.56 bits per heavy atom. The molecule has 234 valence electrons. The molecule has 9 nitrogen and oxygen atoms in total. The van der Waals surface area contributed by atoms with Gasteiger partial charge in [-0.1, -0.05) is 69.8 Å². The van der Waals surface area contributed by atoms with Crippen molar-refractivity contribution in [3.8, 4) is 17.1 Å². The van der Waals surface area contributed by atoms with E-state index in [1.807, 2.05) is 80.8 Å². The standard InChI is InChI=1S/C35H39N5O4S/c1-7-9-15-24-21-45-34(36-24)39-30(35(3,4)5)32(41)40-20-25(19-28(40)33(42)43-6)44-31-29(23-14-12-13-22(8-2)18-23)37-26-16-10-11-17-27(26)38-31/h7-8,10-14,16-18,21,25,28,30H,1-2,9,15,19-20H2,3-6H3,(H,36,39)/t25?,28-,30+/m0/s1. The monoisotopic (exact) mass is 625 g/mol. The van der Waals surface area contributed by atoms with E-state index in [9.17, 15) is 9.59 Å². The van der Waals surface area contributed by atoms with Gasteiger partial charge in [0, 0.05) is 17.4 Å². The first kappa shape index (κ1) is 31.8. The number of thiazole rings is 1. The fourth-order valence-corrected chi connectivity index (χ4v) is 6.16. The quantitative estimate of drug-likeness (QED) is 0.148. The van der Waals surface area contributed by atoms with Crippen LogP contribution in [0.1, 0.15) is 44.9 Å². The molecule has 45 heavy (non-hydrogen) atoms. The molecule has 1 aliphatic heterocycles. The maximum absolute atomic E-state index is 14.3. The van der Waals surface area contributed by atoms with Crippen LogP contribution in [0.5, 0.6) is 5.88 Å². The summed E-state index contributed by atoms with van der Waals surface area (Å²) < 4.78 is 11.7. The molecule has 5 rings (SSSR count). The average Bonchev–Trinajstić information content (AvgIpc) is 3.68. The first-order valence-electron chi connectivity index (χ1n) is 15.0. The minimum absolute atomic E-state index is 0.177. The first-order valence-corrected chi connectivity index (χ1v) is 15.9. The van der Waals surface area contributed by atoms with Gasteiger partial charge in [-0.15, -0.1) is 17.9 Å². The summed E-state index contributed by atoms with van der Waals surface area (Å²) >= 11 is 1.46. The van der Waals surface area contributed by atoms with Crippen LogP contribution >= 0.6 is 11.3 Å². The number of hydrogen-bond acceptors (Lipinski definition) is 9. The second-order valence-electron chi connectivity index (χ2n) is 12.1. The Bertz CT molecular complexity index is 1710. The molecule has 1 unspecified atom stereocenters. The molecule has 1 aliphatic rings. The first-order chi connectivity index (χ1) is 21.6. The van der Waals surface area contributed by atoms with Crippen LogP contribution in [0, 0.1) is 5.41 Å². The van der Waals surface area contributed by atoms with Gasteiger partial charge in [-0.05, 0) is 42.0 Å². The number of likely N-dealkylation sites (tertiary alicyclic amines) is 1. The van der Waals surface area contributed by atoms with E-state index in [1.165, 1.54) is 18.4 Å². The molecule has 1 N–H and O–H groups in total. The molecule has 1 amide bonds. The van der Waals surface area contributed by atoms with E-state index in [2.05, 4.69) is 23.5 Å². The van der Waals surface area contributed by atoms with E-state index in [4.69, 9.17) is 19.4 Å². The molecule has 2 aromatic carbocycles. The van der Waals surface area contributed by atoms with Gasteiger partial charge in [0.25, 0.3) is 0 Å². The van der Waals surface area contributed by atoms with Crippen molar-refractivity contribution in [1.29, 1.82) is 0 Å². The Labute approximate surface area is 268 Å². The molecule has 1 fully saturated rings. The average molecular weight is 626 g/mol. The van der Waals surface area contributed by atoms with Gasteiger partial charge in [-0.3, -0.25) is 4.79 Å². The smallest absolute Gasteiger partial charge is 0.328 e. The maximum Gasteiger partial charge on any atom is 0.328 e. The van der Waals surface area contributed by atoms with E-state index in [-0.39, 0.29) is 18.9 Å². The summed E-state index contributed by atoms with van der Waals surface area (Å²) in [7, 11) is 1.33. The Balaban J connectivity index is 1.45. The second kappa shape index (κ2) is 13.6. The number of hydrogen-bond donors (Lipinski definition) is 1. The number of nitrogens with zero attached hydrogens (tertiary/aromatic N) is 4. The number of fused-ring (bicyclic) bond motifs is 1. The third-order valence-electron chi connectivity index (χ3n) is 7.77. The van der Waals surface area contributed by atoms with Gasteiger partial charge in [0.2, 0.25) is 11.8 Å². The maximum atomic E-state index is 14.3. The summed E-state index contributed by atoms with van der Waals surface area (Å²) in [6, 6.07) is 13.9. The summed E-state index contributed by atoms with van der Waals surface area (Å²) in [6.07, 6.45) is 4.96. The van der Waals surface area contributed by atoms with Gasteiger partial charge in [0.05, 0.1) is 30.4 Å². The molecule has 0 bridgehead atoms. The highest BCUT2D eigenvalue weighted by Gasteiger charge is 2.46. The zero-order valence-electron chi connectivity index (χ0n) is 26.2. The van der Waals surface area contributed by atoms with Crippen molar-refractivity contribution >= 4 is 45.5 Å².